The number of hydrogen-bond acceptors (Lipinski definition) is 5. The van der Waals surface area contributed by atoms with Gasteiger partial charge in [0.25, 0.3) is 5.91 Å². The van der Waals surface area contributed by atoms with Crippen molar-refractivity contribution in [3.05, 3.63) is 87.9 Å². The first-order valence-corrected chi connectivity index (χ1v) is 11.9. The first kappa shape index (κ1) is 20.6. The highest BCUT2D eigenvalue weighted by atomic mass is 32.1. The average Bonchev–Trinajstić information content (AvgIpc) is 3.41. The number of rotatable bonds is 4. The molecule has 1 aliphatic heterocycles. The van der Waals surface area contributed by atoms with Gasteiger partial charge in [-0.1, -0.05) is 72.0 Å². The number of hydrogen-bond donors (Lipinski definition) is 1. The van der Waals surface area contributed by atoms with E-state index in [4.69, 9.17) is 10.1 Å². The minimum atomic E-state index is -0.101. The van der Waals surface area contributed by atoms with Crippen molar-refractivity contribution in [1.82, 2.24) is 10.3 Å². The molecule has 6 heteroatoms. The zero-order valence-electron chi connectivity index (χ0n) is 18.3. The Bertz CT molecular complexity index is 1180. The van der Waals surface area contributed by atoms with Crippen molar-refractivity contribution in [2.75, 3.05) is 12.1 Å². The zero-order valence-corrected chi connectivity index (χ0v) is 19.1. The van der Waals surface area contributed by atoms with E-state index in [2.05, 4.69) is 64.9 Å². The molecule has 1 aliphatic carbocycles. The molecule has 2 aromatic carbocycles. The lowest BCUT2D eigenvalue weighted by molar-refractivity contribution is 0.0966. The van der Waals surface area contributed by atoms with Crippen LogP contribution in [0.15, 0.2) is 71.3 Å². The van der Waals surface area contributed by atoms with Crippen molar-refractivity contribution in [3.63, 3.8) is 0 Å². The third-order valence-electron chi connectivity index (χ3n) is 6.20. The van der Waals surface area contributed by atoms with Crippen molar-refractivity contribution in [2.45, 2.75) is 32.2 Å². The number of fused-ring (bicyclic) bond motifs is 1. The first-order valence-electron chi connectivity index (χ1n) is 11.0. The van der Waals surface area contributed by atoms with E-state index >= 15 is 0 Å². The fourth-order valence-electron chi connectivity index (χ4n) is 4.70. The standard InChI is InChI=1S/C26H26N4OS/c1-17-24(25(31)27-2)32-26(28-17)30-23(19-12-7-4-8-13-19)21-15-9-14-20(22(21)29-30)16-18-10-5-3-6-11-18/h3-8,10-13,16,21,23H,9,14-15H2,1-2H3,(H,27,31)/b20-16-/t21-,23-/m1/s1. The number of thiazole rings is 1. The predicted octanol–water partition coefficient (Wildman–Crippen LogP) is 5.61. The van der Waals surface area contributed by atoms with Gasteiger partial charge in [0.2, 0.25) is 5.13 Å². The second-order valence-electron chi connectivity index (χ2n) is 8.25. The Balaban J connectivity index is 1.60. The minimum absolute atomic E-state index is 0.0776. The number of nitrogens with one attached hydrogen (secondary N) is 1. The van der Waals surface area contributed by atoms with Gasteiger partial charge in [-0.3, -0.25) is 4.79 Å². The highest BCUT2D eigenvalue weighted by Gasteiger charge is 2.43. The summed E-state index contributed by atoms with van der Waals surface area (Å²) in [7, 11) is 1.65. The summed E-state index contributed by atoms with van der Waals surface area (Å²) >= 11 is 1.41. The molecule has 2 heterocycles. The van der Waals surface area contributed by atoms with Gasteiger partial charge in [0.1, 0.15) is 4.88 Å². The molecular weight excluding hydrogens is 416 g/mol. The van der Waals surface area contributed by atoms with Gasteiger partial charge in [0, 0.05) is 13.0 Å². The topological polar surface area (TPSA) is 57.6 Å². The summed E-state index contributed by atoms with van der Waals surface area (Å²) in [5.74, 6) is 0.199. The summed E-state index contributed by atoms with van der Waals surface area (Å²) in [5, 5.41) is 10.7. The van der Waals surface area contributed by atoms with Crippen molar-refractivity contribution < 1.29 is 4.79 Å². The fourth-order valence-corrected chi connectivity index (χ4v) is 5.70. The van der Waals surface area contributed by atoms with Crippen LogP contribution in [-0.2, 0) is 0 Å². The van der Waals surface area contributed by atoms with E-state index in [0.29, 0.717) is 10.8 Å². The summed E-state index contributed by atoms with van der Waals surface area (Å²) in [6.45, 7) is 1.89. The van der Waals surface area contributed by atoms with Gasteiger partial charge in [0.05, 0.1) is 17.4 Å². The second kappa shape index (κ2) is 8.71. The molecule has 0 saturated heterocycles. The molecule has 5 rings (SSSR count). The normalized spacial score (nSPS) is 21.4. The highest BCUT2D eigenvalue weighted by molar-refractivity contribution is 7.17. The molecule has 2 atom stereocenters. The summed E-state index contributed by atoms with van der Waals surface area (Å²) in [4.78, 5) is 17.7. The van der Waals surface area contributed by atoms with Crippen molar-refractivity contribution in [1.29, 1.82) is 0 Å². The molecule has 1 saturated carbocycles. The van der Waals surface area contributed by atoms with Gasteiger partial charge >= 0.3 is 0 Å². The Morgan fingerprint density at radius 3 is 2.56 bits per heavy atom. The van der Waals surface area contributed by atoms with Gasteiger partial charge < -0.3 is 5.32 Å². The molecule has 32 heavy (non-hydrogen) atoms. The molecule has 0 bridgehead atoms. The van der Waals surface area contributed by atoms with E-state index in [1.807, 2.05) is 19.1 Å². The van der Waals surface area contributed by atoms with Crippen LogP contribution in [0.1, 0.15) is 51.8 Å². The van der Waals surface area contributed by atoms with E-state index in [1.165, 1.54) is 28.0 Å². The molecule has 1 amide bonds. The van der Waals surface area contributed by atoms with E-state index in [1.54, 1.807) is 7.05 Å². The second-order valence-corrected chi connectivity index (χ2v) is 9.23. The summed E-state index contributed by atoms with van der Waals surface area (Å²) in [6.07, 6.45) is 5.53. The minimum Gasteiger partial charge on any atom is -0.354 e. The van der Waals surface area contributed by atoms with Crippen LogP contribution in [0.5, 0.6) is 0 Å². The molecule has 1 fully saturated rings. The molecule has 2 aliphatic rings. The first-order chi connectivity index (χ1) is 15.7. The highest BCUT2D eigenvalue weighted by Crippen LogP contribution is 2.47. The quantitative estimate of drug-likeness (QED) is 0.571. The molecular formula is C26H26N4OS. The van der Waals surface area contributed by atoms with Crippen molar-refractivity contribution in [2.24, 2.45) is 11.0 Å². The number of nitrogens with zero attached hydrogens (tertiary/aromatic N) is 3. The molecule has 0 radical (unpaired) electrons. The number of hydrazone groups is 1. The number of amides is 1. The maximum atomic E-state index is 12.3. The van der Waals surface area contributed by atoms with Gasteiger partial charge in [-0.2, -0.15) is 5.10 Å². The van der Waals surface area contributed by atoms with Gasteiger partial charge in [0.15, 0.2) is 0 Å². The molecule has 0 spiro atoms. The van der Waals surface area contributed by atoms with Crippen LogP contribution in [0.25, 0.3) is 6.08 Å². The van der Waals surface area contributed by atoms with Crippen molar-refractivity contribution in [3.8, 4) is 0 Å². The Hall–Kier alpha value is -3.25. The van der Waals surface area contributed by atoms with E-state index in [9.17, 15) is 4.79 Å². The van der Waals surface area contributed by atoms with Crippen molar-refractivity contribution >= 4 is 34.2 Å². The lowest BCUT2D eigenvalue weighted by Gasteiger charge is -2.29. The van der Waals surface area contributed by atoms with Crippen LogP contribution in [0, 0.1) is 12.8 Å². The van der Waals surface area contributed by atoms with E-state index < -0.39 is 0 Å². The number of aromatic nitrogens is 1. The van der Waals surface area contributed by atoms with Gasteiger partial charge in [-0.25, -0.2) is 9.99 Å². The van der Waals surface area contributed by atoms with Crippen LogP contribution in [0.3, 0.4) is 0 Å². The van der Waals surface area contributed by atoms with Crippen LogP contribution in [0.2, 0.25) is 0 Å². The summed E-state index contributed by atoms with van der Waals surface area (Å²) < 4.78 is 0. The zero-order chi connectivity index (χ0) is 22.1. The molecule has 1 aromatic heterocycles. The lowest BCUT2D eigenvalue weighted by atomic mass is 9.77. The predicted molar refractivity (Wildman–Crippen MR) is 131 cm³/mol. The Kier molecular flexibility index (Phi) is 5.62. The largest absolute Gasteiger partial charge is 0.354 e. The number of allylic oxidation sites excluding steroid dienone is 1. The SMILES string of the molecule is CNC(=O)c1sc(N2N=C3/C(=C\c4ccccc4)CCC[C@H]3[C@H]2c2ccccc2)nc1C. The van der Waals surface area contributed by atoms with E-state index in [0.717, 1.165) is 35.8 Å². The van der Waals surface area contributed by atoms with Crippen LogP contribution < -0.4 is 10.3 Å². The summed E-state index contributed by atoms with van der Waals surface area (Å²) in [6, 6.07) is 21.1. The number of benzene rings is 2. The maximum Gasteiger partial charge on any atom is 0.263 e. The smallest absolute Gasteiger partial charge is 0.263 e. The average molecular weight is 443 g/mol. The fraction of sp³-hybridized carbons (Fsp3) is 0.269. The monoisotopic (exact) mass is 442 g/mol. The van der Waals surface area contributed by atoms with Crippen LogP contribution >= 0.6 is 11.3 Å². The Labute approximate surface area is 192 Å². The summed E-state index contributed by atoms with van der Waals surface area (Å²) in [5.41, 5.74) is 5.63. The molecule has 0 unspecified atom stereocenters. The van der Waals surface area contributed by atoms with Crippen LogP contribution in [-0.4, -0.2) is 23.7 Å². The van der Waals surface area contributed by atoms with Gasteiger partial charge in [-0.15, -0.1) is 0 Å². The number of aryl methyl sites for hydroxylation is 1. The van der Waals surface area contributed by atoms with Crippen LogP contribution in [0.4, 0.5) is 5.13 Å². The third-order valence-corrected chi connectivity index (χ3v) is 7.34. The van der Waals surface area contributed by atoms with E-state index in [-0.39, 0.29) is 11.9 Å². The Morgan fingerprint density at radius 2 is 1.84 bits per heavy atom. The lowest BCUT2D eigenvalue weighted by Crippen LogP contribution is -2.28. The Morgan fingerprint density at radius 1 is 1.12 bits per heavy atom. The third kappa shape index (κ3) is 3.75. The number of carbonyl (C=O) groups excluding carboxylic acids is 1. The number of carbonyl (C=O) groups is 1. The molecule has 162 valence electrons. The molecule has 3 aromatic rings. The molecule has 1 N–H and O–H groups in total. The van der Waals surface area contributed by atoms with Gasteiger partial charge in [-0.05, 0) is 49.0 Å². The maximum absolute atomic E-state index is 12.3. The number of anilines is 1. The molecule has 5 nitrogen and oxygen atoms in total.